The first-order valence-electron chi connectivity index (χ1n) is 11.3. The molecule has 1 aromatic heterocycles. The number of rotatable bonds is 8. The van der Waals surface area contributed by atoms with Gasteiger partial charge in [-0.25, -0.2) is 4.98 Å². The summed E-state index contributed by atoms with van der Waals surface area (Å²) in [7, 11) is 0. The van der Waals surface area contributed by atoms with Crippen LogP contribution in [0.4, 0.5) is 5.69 Å². The van der Waals surface area contributed by atoms with E-state index in [9.17, 15) is 4.79 Å². The lowest BCUT2D eigenvalue weighted by atomic mass is 10.1. The third-order valence-corrected chi connectivity index (χ3v) is 5.73. The number of aryl methyl sites for hydroxylation is 2. The SMILES string of the molecule is CCCn1c(CN2CCCCC2)nc2cc(NC(=O)COc3cccc(C)c3)ccc21. The average Bonchev–Trinajstić information content (AvgIpc) is 3.09. The Morgan fingerprint density at radius 1 is 1.13 bits per heavy atom. The molecule has 1 N–H and O–H groups in total. The van der Waals surface area contributed by atoms with Gasteiger partial charge in [-0.15, -0.1) is 0 Å². The third kappa shape index (κ3) is 5.44. The highest BCUT2D eigenvalue weighted by Crippen LogP contribution is 2.23. The van der Waals surface area contributed by atoms with Gasteiger partial charge in [0.1, 0.15) is 11.6 Å². The molecular formula is C25H32N4O2. The van der Waals surface area contributed by atoms with Crippen molar-refractivity contribution in [3.8, 4) is 5.75 Å². The van der Waals surface area contributed by atoms with E-state index in [0.29, 0.717) is 5.75 Å². The summed E-state index contributed by atoms with van der Waals surface area (Å²) < 4.78 is 7.94. The van der Waals surface area contributed by atoms with Crippen molar-refractivity contribution in [2.24, 2.45) is 0 Å². The maximum Gasteiger partial charge on any atom is 0.262 e. The Labute approximate surface area is 184 Å². The number of imidazole rings is 1. The van der Waals surface area contributed by atoms with Crippen molar-refractivity contribution in [1.82, 2.24) is 14.5 Å². The molecule has 6 nitrogen and oxygen atoms in total. The predicted octanol–water partition coefficient (Wildman–Crippen LogP) is 4.76. The number of carbonyl (C=O) groups excluding carboxylic acids is 1. The molecule has 1 fully saturated rings. The van der Waals surface area contributed by atoms with Gasteiger partial charge in [0.2, 0.25) is 0 Å². The van der Waals surface area contributed by atoms with Crippen molar-refractivity contribution in [3.05, 3.63) is 53.9 Å². The van der Waals surface area contributed by atoms with Crippen LogP contribution in [0.15, 0.2) is 42.5 Å². The number of nitrogens with one attached hydrogen (secondary N) is 1. The largest absolute Gasteiger partial charge is 0.484 e. The second-order valence-corrected chi connectivity index (χ2v) is 8.37. The minimum absolute atomic E-state index is 0.0218. The van der Waals surface area contributed by atoms with Crippen LogP contribution in [0.25, 0.3) is 11.0 Å². The van der Waals surface area contributed by atoms with Gasteiger partial charge in [-0.1, -0.05) is 25.5 Å². The third-order valence-electron chi connectivity index (χ3n) is 5.73. The number of anilines is 1. The van der Waals surface area contributed by atoms with Gasteiger partial charge < -0.3 is 14.6 Å². The molecule has 1 aliphatic heterocycles. The number of ether oxygens (including phenoxy) is 1. The number of fused-ring (bicyclic) bond motifs is 1. The fraction of sp³-hybridized carbons (Fsp3) is 0.440. The van der Waals surface area contributed by atoms with Gasteiger partial charge in [-0.2, -0.15) is 0 Å². The Hall–Kier alpha value is -2.86. The van der Waals surface area contributed by atoms with Gasteiger partial charge in [-0.05, 0) is 75.2 Å². The standard InChI is InChI=1S/C25H32N4O2/c1-3-12-29-23-11-10-20(26-25(30)18-31-21-9-7-8-19(2)15-21)16-22(23)27-24(29)17-28-13-5-4-6-14-28/h7-11,15-16H,3-6,12-14,17-18H2,1-2H3,(H,26,30). The number of aromatic nitrogens is 2. The highest BCUT2D eigenvalue weighted by molar-refractivity contribution is 5.94. The molecule has 31 heavy (non-hydrogen) atoms. The Balaban J connectivity index is 1.45. The number of hydrogen-bond acceptors (Lipinski definition) is 4. The summed E-state index contributed by atoms with van der Waals surface area (Å²) in [6.07, 6.45) is 4.94. The van der Waals surface area contributed by atoms with Gasteiger partial charge in [0.15, 0.2) is 6.61 Å². The first kappa shape index (κ1) is 21.4. The zero-order valence-electron chi connectivity index (χ0n) is 18.6. The van der Waals surface area contributed by atoms with Crippen LogP contribution >= 0.6 is 0 Å². The van der Waals surface area contributed by atoms with Crippen LogP contribution in [0.5, 0.6) is 5.75 Å². The average molecular weight is 421 g/mol. The second kappa shape index (κ2) is 9.96. The summed E-state index contributed by atoms with van der Waals surface area (Å²) in [5, 5.41) is 2.94. The van der Waals surface area contributed by atoms with Crippen LogP contribution in [0.2, 0.25) is 0 Å². The molecule has 164 valence electrons. The van der Waals surface area contributed by atoms with Crippen molar-refractivity contribution in [2.45, 2.75) is 52.6 Å². The van der Waals surface area contributed by atoms with Crippen molar-refractivity contribution < 1.29 is 9.53 Å². The number of carbonyl (C=O) groups is 1. The van der Waals surface area contributed by atoms with Crippen LogP contribution in [0.1, 0.15) is 44.0 Å². The van der Waals surface area contributed by atoms with E-state index in [1.54, 1.807) is 0 Å². The fourth-order valence-electron chi connectivity index (χ4n) is 4.22. The monoisotopic (exact) mass is 420 g/mol. The predicted molar refractivity (Wildman–Crippen MR) is 124 cm³/mol. The second-order valence-electron chi connectivity index (χ2n) is 8.37. The summed E-state index contributed by atoms with van der Waals surface area (Å²) >= 11 is 0. The summed E-state index contributed by atoms with van der Waals surface area (Å²) in [4.78, 5) is 19.8. The van der Waals surface area contributed by atoms with E-state index in [1.165, 1.54) is 19.3 Å². The Morgan fingerprint density at radius 2 is 1.97 bits per heavy atom. The number of hydrogen-bond donors (Lipinski definition) is 1. The van der Waals surface area contributed by atoms with E-state index in [1.807, 2.05) is 43.3 Å². The molecular weight excluding hydrogens is 388 g/mol. The first-order chi connectivity index (χ1) is 15.1. The number of amides is 1. The molecule has 0 bridgehead atoms. The first-order valence-corrected chi connectivity index (χ1v) is 11.3. The lowest BCUT2D eigenvalue weighted by Crippen LogP contribution is -2.30. The molecule has 6 heteroatoms. The van der Waals surface area contributed by atoms with E-state index in [4.69, 9.17) is 9.72 Å². The summed E-state index contributed by atoms with van der Waals surface area (Å²) in [6, 6.07) is 13.7. The summed E-state index contributed by atoms with van der Waals surface area (Å²) in [5.74, 6) is 1.64. The summed E-state index contributed by atoms with van der Waals surface area (Å²) in [6.45, 7) is 8.32. The molecule has 0 saturated carbocycles. The smallest absolute Gasteiger partial charge is 0.262 e. The molecule has 1 amide bonds. The van der Waals surface area contributed by atoms with Crippen LogP contribution in [0.3, 0.4) is 0 Å². The summed E-state index contributed by atoms with van der Waals surface area (Å²) in [5.41, 5.74) is 3.91. The minimum atomic E-state index is -0.178. The number of piperidine rings is 1. The van der Waals surface area contributed by atoms with Gasteiger partial charge in [0.05, 0.1) is 17.6 Å². The molecule has 0 atom stereocenters. The lowest BCUT2D eigenvalue weighted by molar-refractivity contribution is -0.118. The van der Waals surface area contributed by atoms with Crippen molar-refractivity contribution in [2.75, 3.05) is 25.0 Å². The van der Waals surface area contributed by atoms with E-state index < -0.39 is 0 Å². The van der Waals surface area contributed by atoms with Gasteiger partial charge in [0.25, 0.3) is 5.91 Å². The van der Waals surface area contributed by atoms with E-state index in [0.717, 1.165) is 60.7 Å². The minimum Gasteiger partial charge on any atom is -0.484 e. The Morgan fingerprint density at radius 3 is 2.74 bits per heavy atom. The zero-order chi connectivity index (χ0) is 21.6. The molecule has 2 aromatic carbocycles. The van der Waals surface area contributed by atoms with Crippen molar-refractivity contribution >= 4 is 22.6 Å². The number of likely N-dealkylation sites (tertiary alicyclic amines) is 1. The number of nitrogens with zero attached hydrogens (tertiary/aromatic N) is 3. The molecule has 2 heterocycles. The molecule has 1 aliphatic rings. The normalized spacial score (nSPS) is 14.6. The molecule has 0 spiro atoms. The molecule has 1 saturated heterocycles. The quantitative estimate of drug-likeness (QED) is 0.571. The molecule has 0 radical (unpaired) electrons. The topological polar surface area (TPSA) is 59.4 Å². The fourth-order valence-corrected chi connectivity index (χ4v) is 4.22. The van der Waals surface area contributed by atoms with Crippen molar-refractivity contribution in [3.63, 3.8) is 0 Å². The van der Waals surface area contributed by atoms with Crippen LogP contribution < -0.4 is 10.1 Å². The molecule has 0 unspecified atom stereocenters. The highest BCUT2D eigenvalue weighted by atomic mass is 16.5. The van der Waals surface area contributed by atoms with Gasteiger partial charge >= 0.3 is 0 Å². The number of benzene rings is 2. The van der Waals surface area contributed by atoms with E-state index >= 15 is 0 Å². The highest BCUT2D eigenvalue weighted by Gasteiger charge is 2.17. The lowest BCUT2D eigenvalue weighted by Gasteiger charge is -2.26. The maximum absolute atomic E-state index is 12.4. The van der Waals surface area contributed by atoms with E-state index in [-0.39, 0.29) is 12.5 Å². The maximum atomic E-state index is 12.4. The van der Waals surface area contributed by atoms with Crippen LogP contribution in [-0.2, 0) is 17.9 Å². The Bertz CT molecular complexity index is 1040. The van der Waals surface area contributed by atoms with Crippen molar-refractivity contribution in [1.29, 1.82) is 0 Å². The molecule has 3 aromatic rings. The van der Waals surface area contributed by atoms with Crippen LogP contribution in [0, 0.1) is 6.92 Å². The molecule has 0 aliphatic carbocycles. The van der Waals surface area contributed by atoms with Gasteiger partial charge in [0, 0.05) is 12.2 Å². The van der Waals surface area contributed by atoms with E-state index in [2.05, 4.69) is 27.8 Å². The Kier molecular flexibility index (Phi) is 6.87. The van der Waals surface area contributed by atoms with Gasteiger partial charge in [-0.3, -0.25) is 9.69 Å². The zero-order valence-corrected chi connectivity index (χ0v) is 18.6. The van der Waals surface area contributed by atoms with Crippen LogP contribution in [-0.4, -0.2) is 40.1 Å². The molecule has 4 rings (SSSR count).